The second-order valence-electron chi connectivity index (χ2n) is 11.7. The van der Waals surface area contributed by atoms with E-state index in [-0.39, 0.29) is 12.1 Å². The van der Waals surface area contributed by atoms with Crippen molar-refractivity contribution in [2.75, 3.05) is 20.3 Å². The normalized spacial score (nSPS) is 41.8. The first kappa shape index (κ1) is 24.2. The molecule has 3 saturated carbocycles. The molecule has 0 spiro atoms. The molecular weight excluding hydrogens is 402 g/mol. The van der Waals surface area contributed by atoms with Crippen molar-refractivity contribution in [3.8, 4) is 0 Å². The Morgan fingerprint density at radius 1 is 1.19 bits per heavy atom. The highest BCUT2D eigenvalue weighted by Gasteiger charge is 2.59. The van der Waals surface area contributed by atoms with Crippen LogP contribution in [0.4, 0.5) is 0 Å². The summed E-state index contributed by atoms with van der Waals surface area (Å²) >= 11 is 0. The van der Waals surface area contributed by atoms with Crippen molar-refractivity contribution in [3.63, 3.8) is 0 Å². The van der Waals surface area contributed by atoms with Gasteiger partial charge in [0.25, 0.3) is 0 Å². The number of rotatable bonds is 8. The lowest BCUT2D eigenvalue weighted by Gasteiger charge is -2.58. The molecule has 4 rings (SSSR count). The average Bonchev–Trinajstić information content (AvgIpc) is 3.13. The predicted octanol–water partition coefficient (Wildman–Crippen LogP) is 5.04. The van der Waals surface area contributed by atoms with E-state index in [1.54, 1.807) is 12.6 Å². The smallest absolute Gasteiger partial charge is 0.305 e. The number of carbonyl (C=O) groups excluding carboxylic acids is 1. The molecule has 0 heterocycles. The molecule has 0 aromatic carbocycles. The first-order valence-corrected chi connectivity index (χ1v) is 13.1. The number of hydrogen-bond acceptors (Lipinski definition) is 5. The van der Waals surface area contributed by atoms with Gasteiger partial charge < -0.3 is 9.84 Å². The molecule has 0 saturated heterocycles. The molecule has 0 radical (unpaired) electrons. The zero-order chi connectivity index (χ0) is 22.9. The van der Waals surface area contributed by atoms with Crippen LogP contribution in [0.3, 0.4) is 0 Å². The van der Waals surface area contributed by atoms with Gasteiger partial charge >= 0.3 is 5.97 Å². The van der Waals surface area contributed by atoms with Crippen LogP contribution in [-0.4, -0.2) is 37.4 Å². The first-order chi connectivity index (χ1) is 15.3. The van der Waals surface area contributed by atoms with Crippen LogP contribution >= 0.6 is 0 Å². The molecule has 182 valence electrons. The number of ether oxygens (including phenoxy) is 1. The number of nitrogens with one attached hydrogen (secondary N) is 1. The van der Waals surface area contributed by atoms with Gasteiger partial charge in [0.1, 0.15) is 13.2 Å². The Hall–Kier alpha value is -0.910. The molecule has 4 aliphatic carbocycles. The van der Waals surface area contributed by atoms with E-state index in [2.05, 4.69) is 32.3 Å². The second-order valence-corrected chi connectivity index (χ2v) is 11.7. The molecule has 2 N–H and O–H groups in total. The fourth-order valence-electron chi connectivity index (χ4n) is 8.54. The molecule has 0 aromatic rings. The van der Waals surface area contributed by atoms with Gasteiger partial charge in [0.2, 0.25) is 0 Å². The maximum atomic E-state index is 12.1. The van der Waals surface area contributed by atoms with E-state index in [0.717, 1.165) is 43.4 Å². The minimum absolute atomic E-state index is 0.0997. The molecule has 0 unspecified atom stereocenters. The number of carbonyl (C=O) groups is 1. The molecule has 3 fully saturated rings. The first-order valence-electron chi connectivity index (χ1n) is 13.1. The van der Waals surface area contributed by atoms with Crippen LogP contribution in [0, 0.1) is 40.4 Å². The Morgan fingerprint density at radius 3 is 2.78 bits per heavy atom. The highest BCUT2D eigenvalue weighted by atomic mass is 16.7. The summed E-state index contributed by atoms with van der Waals surface area (Å²) in [6, 6.07) is 0. The van der Waals surface area contributed by atoms with E-state index in [1.807, 2.05) is 0 Å². The molecule has 0 aromatic heterocycles. The quantitative estimate of drug-likeness (QED) is 0.236. The summed E-state index contributed by atoms with van der Waals surface area (Å²) in [5.41, 5.74) is 4.87. The lowest BCUT2D eigenvalue weighted by Crippen LogP contribution is -2.50. The van der Waals surface area contributed by atoms with Gasteiger partial charge in [-0.25, -0.2) is 5.48 Å². The summed E-state index contributed by atoms with van der Waals surface area (Å²) < 4.78 is 5.30. The lowest BCUT2D eigenvalue weighted by atomic mass is 9.47. The SMILES string of the molecule is CNOCCOC(=O)CC[C@@H](C)[C@H]1CC[C@H]2[C@@H]3CC=C4C[C@@H](O)CC[C@]4(C)[C@H]3CC[C@]12C. The van der Waals surface area contributed by atoms with Gasteiger partial charge in [0.05, 0.1) is 6.10 Å². The molecule has 0 bridgehead atoms. The van der Waals surface area contributed by atoms with Crippen molar-refractivity contribution >= 4 is 5.97 Å². The number of esters is 1. The van der Waals surface area contributed by atoms with Gasteiger partial charge in [-0.15, -0.1) is 0 Å². The number of aliphatic hydroxyl groups is 1. The Kier molecular flexibility index (Phi) is 7.38. The van der Waals surface area contributed by atoms with E-state index >= 15 is 0 Å². The summed E-state index contributed by atoms with van der Waals surface area (Å²) in [5, 5.41) is 10.2. The lowest BCUT2D eigenvalue weighted by molar-refractivity contribution is -0.146. The topological polar surface area (TPSA) is 67.8 Å². The zero-order valence-electron chi connectivity index (χ0n) is 20.7. The maximum absolute atomic E-state index is 12.1. The highest BCUT2D eigenvalue weighted by molar-refractivity contribution is 5.69. The number of aliphatic hydroxyl groups excluding tert-OH is 1. The Bertz CT molecular complexity index is 708. The Balaban J connectivity index is 1.37. The van der Waals surface area contributed by atoms with Crippen LogP contribution in [0.1, 0.15) is 85.0 Å². The van der Waals surface area contributed by atoms with E-state index in [9.17, 15) is 9.90 Å². The molecule has 0 aliphatic heterocycles. The van der Waals surface area contributed by atoms with E-state index in [4.69, 9.17) is 9.57 Å². The summed E-state index contributed by atoms with van der Waals surface area (Å²) in [5.74, 6) is 3.56. The molecule has 4 aliphatic rings. The van der Waals surface area contributed by atoms with Crippen LogP contribution in [0.2, 0.25) is 0 Å². The van der Waals surface area contributed by atoms with Gasteiger partial charge in [0, 0.05) is 13.5 Å². The average molecular weight is 448 g/mol. The van der Waals surface area contributed by atoms with E-state index in [1.165, 1.54) is 32.1 Å². The number of fused-ring (bicyclic) bond motifs is 5. The van der Waals surface area contributed by atoms with Gasteiger partial charge in [0.15, 0.2) is 0 Å². The highest BCUT2D eigenvalue weighted by Crippen LogP contribution is 2.67. The van der Waals surface area contributed by atoms with E-state index in [0.29, 0.717) is 42.3 Å². The van der Waals surface area contributed by atoms with Crippen LogP contribution in [-0.2, 0) is 14.4 Å². The summed E-state index contributed by atoms with van der Waals surface area (Å²) in [6.45, 7) is 8.14. The molecule has 5 nitrogen and oxygen atoms in total. The van der Waals surface area contributed by atoms with Crippen LogP contribution in [0.25, 0.3) is 0 Å². The Labute approximate surface area is 194 Å². The van der Waals surface area contributed by atoms with Crippen molar-refractivity contribution in [3.05, 3.63) is 11.6 Å². The third-order valence-electron chi connectivity index (χ3n) is 10.2. The summed E-state index contributed by atoms with van der Waals surface area (Å²) in [7, 11) is 1.70. The third-order valence-corrected chi connectivity index (χ3v) is 10.2. The van der Waals surface area contributed by atoms with E-state index < -0.39 is 0 Å². The van der Waals surface area contributed by atoms with Crippen molar-refractivity contribution in [1.29, 1.82) is 0 Å². The monoisotopic (exact) mass is 447 g/mol. The van der Waals surface area contributed by atoms with Crippen LogP contribution in [0.5, 0.6) is 0 Å². The van der Waals surface area contributed by atoms with Crippen molar-refractivity contribution in [2.45, 2.75) is 91.1 Å². The second kappa shape index (κ2) is 9.76. The molecule has 8 atom stereocenters. The van der Waals surface area contributed by atoms with Gasteiger partial charge in [-0.3, -0.25) is 9.63 Å². The van der Waals surface area contributed by atoms with Crippen LogP contribution in [0.15, 0.2) is 11.6 Å². The largest absolute Gasteiger partial charge is 0.463 e. The molecule has 0 amide bonds. The van der Waals surface area contributed by atoms with Crippen molar-refractivity contribution in [1.82, 2.24) is 5.48 Å². The minimum Gasteiger partial charge on any atom is -0.463 e. The standard InChI is InChI=1S/C27H45NO4/c1-18(5-10-25(30)31-15-16-32-28-4)22-8-9-23-21-7-6-19-17-20(29)11-13-26(19,2)24(21)12-14-27(22,23)3/h6,18,20-24,28-29H,5,7-17H2,1-4H3/t18-,20+,21+,22-,23+,24+,26+,27-/m1/s1. The predicted molar refractivity (Wildman–Crippen MR) is 126 cm³/mol. The van der Waals surface area contributed by atoms with Gasteiger partial charge in [-0.2, -0.15) is 0 Å². The van der Waals surface area contributed by atoms with Crippen LogP contribution < -0.4 is 5.48 Å². The molecule has 5 heteroatoms. The zero-order valence-corrected chi connectivity index (χ0v) is 20.7. The van der Waals surface area contributed by atoms with Gasteiger partial charge in [-0.05, 0) is 98.2 Å². The Morgan fingerprint density at radius 2 is 2.00 bits per heavy atom. The third kappa shape index (κ3) is 4.42. The number of hydroxylamine groups is 1. The summed E-state index contributed by atoms with van der Waals surface area (Å²) in [4.78, 5) is 17.2. The van der Waals surface area contributed by atoms with Crippen molar-refractivity contribution < 1.29 is 19.5 Å². The van der Waals surface area contributed by atoms with Crippen molar-refractivity contribution in [2.24, 2.45) is 40.4 Å². The molecular formula is C27H45NO4. The fraction of sp³-hybridized carbons (Fsp3) is 0.889. The number of hydrogen-bond donors (Lipinski definition) is 2. The minimum atomic E-state index is -0.126. The van der Waals surface area contributed by atoms with Gasteiger partial charge in [-0.1, -0.05) is 32.4 Å². The maximum Gasteiger partial charge on any atom is 0.305 e. The fourth-order valence-corrected chi connectivity index (χ4v) is 8.54. The molecule has 32 heavy (non-hydrogen) atoms. The summed E-state index contributed by atoms with van der Waals surface area (Å²) in [6.07, 6.45) is 13.4. The number of allylic oxidation sites excluding steroid dienone is 1.